The molecule has 28 heavy (non-hydrogen) atoms. The van der Waals surface area contributed by atoms with Gasteiger partial charge in [0, 0.05) is 12.1 Å². The van der Waals surface area contributed by atoms with Crippen LogP contribution in [0.2, 0.25) is 0 Å². The molecule has 6 heteroatoms. The van der Waals surface area contributed by atoms with Gasteiger partial charge in [-0.25, -0.2) is 4.68 Å². The fourth-order valence-corrected chi connectivity index (χ4v) is 4.18. The first-order chi connectivity index (χ1) is 13.8. The summed E-state index contributed by atoms with van der Waals surface area (Å²) < 4.78 is 7.92. The molecule has 3 aromatic rings. The van der Waals surface area contributed by atoms with E-state index in [4.69, 9.17) is 9.84 Å². The minimum absolute atomic E-state index is 0.0348. The maximum absolute atomic E-state index is 11.9. The van der Waals surface area contributed by atoms with Crippen LogP contribution in [0, 0.1) is 0 Å². The third-order valence-electron chi connectivity index (χ3n) is 5.72. The van der Waals surface area contributed by atoms with Crippen molar-refractivity contribution in [3.63, 3.8) is 0 Å². The summed E-state index contributed by atoms with van der Waals surface area (Å²) in [4.78, 5) is 11.9. The number of carbonyl (C=O) groups is 1. The van der Waals surface area contributed by atoms with Crippen LogP contribution in [0.15, 0.2) is 54.6 Å². The van der Waals surface area contributed by atoms with Crippen molar-refractivity contribution in [3.05, 3.63) is 60.2 Å². The Labute approximate surface area is 163 Å². The molecule has 2 aliphatic rings. The molecule has 1 saturated heterocycles. The number of hydrogen-bond donors (Lipinski definition) is 2. The summed E-state index contributed by atoms with van der Waals surface area (Å²) in [5, 5.41) is 11.7. The van der Waals surface area contributed by atoms with Crippen molar-refractivity contribution in [3.8, 4) is 22.8 Å². The van der Waals surface area contributed by atoms with Gasteiger partial charge in [0.25, 0.3) is 0 Å². The van der Waals surface area contributed by atoms with Gasteiger partial charge in [0.1, 0.15) is 23.0 Å². The third-order valence-corrected chi connectivity index (χ3v) is 5.72. The van der Waals surface area contributed by atoms with Crippen LogP contribution in [0.1, 0.15) is 23.2 Å². The van der Waals surface area contributed by atoms with Gasteiger partial charge in [-0.05, 0) is 62.3 Å². The van der Waals surface area contributed by atoms with Gasteiger partial charge in [-0.2, -0.15) is 5.10 Å². The Morgan fingerprint density at radius 2 is 1.71 bits per heavy atom. The number of anilines is 1. The molecule has 0 atom stereocenters. The molecule has 1 fully saturated rings. The molecule has 0 unspecified atom stereocenters. The van der Waals surface area contributed by atoms with Gasteiger partial charge in [-0.3, -0.25) is 4.79 Å². The summed E-state index contributed by atoms with van der Waals surface area (Å²) in [5.74, 6) is 2.39. The Hall–Kier alpha value is -3.12. The van der Waals surface area contributed by atoms with Crippen LogP contribution in [0.4, 0.5) is 5.82 Å². The van der Waals surface area contributed by atoms with Crippen LogP contribution in [0.3, 0.4) is 0 Å². The lowest BCUT2D eigenvalue weighted by atomic mass is 9.89. The number of aldehydes is 1. The lowest BCUT2D eigenvalue weighted by molar-refractivity contribution is 0.112. The number of rotatable bonds is 4. The van der Waals surface area contributed by atoms with Crippen molar-refractivity contribution in [2.45, 2.75) is 18.4 Å². The van der Waals surface area contributed by atoms with E-state index in [9.17, 15) is 4.79 Å². The van der Waals surface area contributed by atoms with Crippen LogP contribution in [-0.2, 0) is 5.54 Å². The summed E-state index contributed by atoms with van der Waals surface area (Å²) in [6.07, 6.45) is 2.93. The zero-order valence-electron chi connectivity index (χ0n) is 15.5. The molecule has 1 spiro atoms. The summed E-state index contributed by atoms with van der Waals surface area (Å²) >= 11 is 0. The summed E-state index contributed by atoms with van der Waals surface area (Å²) in [6.45, 7) is 2.78. The van der Waals surface area contributed by atoms with Gasteiger partial charge >= 0.3 is 0 Å². The van der Waals surface area contributed by atoms with Crippen molar-refractivity contribution >= 4 is 12.1 Å². The zero-order chi connectivity index (χ0) is 19.0. The van der Waals surface area contributed by atoms with Gasteiger partial charge < -0.3 is 15.4 Å². The van der Waals surface area contributed by atoms with E-state index in [2.05, 4.69) is 15.3 Å². The van der Waals surface area contributed by atoms with E-state index in [1.54, 1.807) is 0 Å². The van der Waals surface area contributed by atoms with E-state index >= 15 is 0 Å². The van der Waals surface area contributed by atoms with Gasteiger partial charge in [0.15, 0.2) is 6.29 Å². The fourth-order valence-electron chi connectivity index (χ4n) is 4.18. The fraction of sp³-hybridized carbons (Fsp3) is 0.273. The smallest absolute Gasteiger partial charge is 0.156 e. The molecule has 0 radical (unpaired) electrons. The number of para-hydroxylation sites is 1. The van der Waals surface area contributed by atoms with E-state index < -0.39 is 0 Å². The summed E-state index contributed by atoms with van der Waals surface area (Å²) in [7, 11) is 0. The topological polar surface area (TPSA) is 68.2 Å². The summed E-state index contributed by atoms with van der Waals surface area (Å²) in [6, 6.07) is 17.4. The minimum Gasteiger partial charge on any atom is -0.457 e. The molecule has 142 valence electrons. The molecule has 5 rings (SSSR count). The Balaban J connectivity index is 1.47. The van der Waals surface area contributed by atoms with E-state index in [-0.39, 0.29) is 5.54 Å². The van der Waals surface area contributed by atoms with Crippen molar-refractivity contribution < 1.29 is 9.53 Å². The number of ether oxygens (including phenoxy) is 1. The lowest BCUT2D eigenvalue weighted by Crippen LogP contribution is -2.45. The third kappa shape index (κ3) is 2.77. The number of benzene rings is 2. The van der Waals surface area contributed by atoms with Gasteiger partial charge in [-0.1, -0.05) is 18.2 Å². The zero-order valence-corrected chi connectivity index (χ0v) is 15.5. The highest BCUT2D eigenvalue weighted by molar-refractivity contribution is 5.93. The highest BCUT2D eigenvalue weighted by Crippen LogP contribution is 2.40. The largest absolute Gasteiger partial charge is 0.457 e. The van der Waals surface area contributed by atoms with Crippen LogP contribution in [0.5, 0.6) is 11.5 Å². The number of nitrogens with one attached hydrogen (secondary N) is 2. The average Bonchev–Trinajstić information content (AvgIpc) is 3.28. The first-order valence-corrected chi connectivity index (χ1v) is 9.66. The van der Waals surface area contributed by atoms with E-state index in [1.165, 1.54) is 0 Å². The quantitative estimate of drug-likeness (QED) is 0.682. The van der Waals surface area contributed by atoms with Crippen molar-refractivity contribution in [1.29, 1.82) is 0 Å². The Morgan fingerprint density at radius 3 is 2.43 bits per heavy atom. The van der Waals surface area contributed by atoms with Gasteiger partial charge in [-0.15, -0.1) is 0 Å². The Morgan fingerprint density at radius 1 is 1.00 bits per heavy atom. The maximum Gasteiger partial charge on any atom is 0.156 e. The molecule has 0 saturated carbocycles. The van der Waals surface area contributed by atoms with Crippen molar-refractivity contribution in [2.75, 3.05) is 25.0 Å². The van der Waals surface area contributed by atoms with E-state index in [0.29, 0.717) is 5.56 Å². The first kappa shape index (κ1) is 17.0. The number of nitrogens with zero attached hydrogens (tertiary/aromatic N) is 2. The second-order valence-electron chi connectivity index (χ2n) is 7.41. The molecule has 0 aliphatic carbocycles. The maximum atomic E-state index is 11.9. The highest BCUT2D eigenvalue weighted by Gasteiger charge is 2.42. The number of fused-ring (bicyclic) bond motifs is 2. The summed E-state index contributed by atoms with van der Waals surface area (Å²) in [5.41, 5.74) is 2.23. The molecular formula is C22H22N4O2. The number of hydrogen-bond acceptors (Lipinski definition) is 5. The number of piperidine rings is 1. The highest BCUT2D eigenvalue weighted by atomic mass is 16.5. The molecular weight excluding hydrogens is 352 g/mol. The molecule has 0 bridgehead atoms. The molecule has 2 N–H and O–H groups in total. The molecule has 0 amide bonds. The molecule has 3 heterocycles. The number of carbonyl (C=O) groups excluding carboxylic acids is 1. The monoisotopic (exact) mass is 374 g/mol. The average molecular weight is 374 g/mol. The second-order valence-corrected chi connectivity index (χ2v) is 7.41. The van der Waals surface area contributed by atoms with Crippen LogP contribution in [-0.4, -0.2) is 35.7 Å². The Bertz CT molecular complexity index is 989. The second kappa shape index (κ2) is 6.80. The predicted octanol–water partition coefficient (Wildman–Crippen LogP) is 3.66. The first-order valence-electron chi connectivity index (χ1n) is 9.66. The minimum atomic E-state index is -0.0348. The Kier molecular flexibility index (Phi) is 4.13. The van der Waals surface area contributed by atoms with Gasteiger partial charge in [0.05, 0.1) is 11.1 Å². The lowest BCUT2D eigenvalue weighted by Gasteiger charge is -2.33. The van der Waals surface area contributed by atoms with Crippen molar-refractivity contribution in [1.82, 2.24) is 15.1 Å². The van der Waals surface area contributed by atoms with Crippen LogP contribution >= 0.6 is 0 Å². The van der Waals surface area contributed by atoms with E-state index in [1.807, 2.05) is 54.6 Å². The normalized spacial score (nSPS) is 17.1. The molecule has 1 aromatic heterocycles. The van der Waals surface area contributed by atoms with Gasteiger partial charge in [0.2, 0.25) is 0 Å². The molecule has 2 aliphatic heterocycles. The van der Waals surface area contributed by atoms with Crippen molar-refractivity contribution in [2.24, 2.45) is 0 Å². The number of aromatic nitrogens is 2. The standard InChI is InChI=1S/C22H22N4O2/c27-14-19-20(25-26-21(19)24-15-22(26)10-12-23-13-11-22)16-6-8-18(9-7-16)28-17-4-2-1-3-5-17/h1-9,14,23-24H,10-13,15H2. The SMILES string of the molecule is O=Cc1c(-c2ccc(Oc3ccccc3)cc2)nn2c1NCC21CCNCC1. The van der Waals surface area contributed by atoms with Crippen LogP contribution < -0.4 is 15.4 Å². The van der Waals surface area contributed by atoms with E-state index in [0.717, 1.165) is 67.3 Å². The molecule has 2 aromatic carbocycles. The predicted molar refractivity (Wildman–Crippen MR) is 108 cm³/mol. The van der Waals surface area contributed by atoms with Crippen LogP contribution in [0.25, 0.3) is 11.3 Å². The molecule has 6 nitrogen and oxygen atoms in total.